The van der Waals surface area contributed by atoms with Crippen LogP contribution in [0.1, 0.15) is 29.3 Å². The van der Waals surface area contributed by atoms with E-state index in [2.05, 4.69) is 5.32 Å². The fraction of sp³-hybridized carbons (Fsp3) is 0.641. The van der Waals surface area contributed by atoms with Crippen LogP contribution in [0, 0.1) is 0 Å². The fourth-order valence-electron chi connectivity index (χ4n) is 4.44. The first-order valence-electron chi connectivity index (χ1n) is 18.9. The van der Waals surface area contributed by atoms with E-state index in [1.54, 1.807) is 25.1 Å². The highest BCUT2D eigenvalue weighted by Crippen LogP contribution is 2.32. The van der Waals surface area contributed by atoms with Crippen LogP contribution < -0.4 is 5.32 Å². The lowest BCUT2D eigenvalue weighted by Gasteiger charge is -2.13. The van der Waals surface area contributed by atoms with Gasteiger partial charge in [0.2, 0.25) is 0 Å². The molecule has 0 aliphatic carbocycles. The van der Waals surface area contributed by atoms with Crippen LogP contribution >= 0.6 is 0 Å². The van der Waals surface area contributed by atoms with Crippen molar-refractivity contribution in [2.45, 2.75) is 19.5 Å². The summed E-state index contributed by atoms with van der Waals surface area (Å²) in [5.74, 6) is -0.899. The molecule has 0 saturated carbocycles. The van der Waals surface area contributed by atoms with Gasteiger partial charge in [-0.15, -0.1) is 0 Å². The molecule has 324 valence electrons. The summed E-state index contributed by atoms with van der Waals surface area (Å²) >= 11 is 0. The van der Waals surface area contributed by atoms with Gasteiger partial charge in [0.05, 0.1) is 162 Å². The molecule has 18 heteroatoms. The monoisotopic (exact) mass is 821 g/mol. The normalized spacial score (nSPS) is 11.5. The summed E-state index contributed by atoms with van der Waals surface area (Å²) in [6.07, 6.45) is -4.24. The molecule has 0 saturated heterocycles. The number of esters is 2. The molecule has 0 bridgehead atoms. The predicted molar refractivity (Wildman–Crippen MR) is 201 cm³/mol. The number of para-hydroxylation sites is 1. The Hall–Kier alpha value is -3.43. The Labute approximate surface area is 332 Å². The average Bonchev–Trinajstić information content (AvgIpc) is 3.19. The van der Waals surface area contributed by atoms with Gasteiger partial charge in [0.25, 0.3) is 0 Å². The molecule has 57 heavy (non-hydrogen) atoms. The molecule has 0 aliphatic heterocycles. The Morgan fingerprint density at radius 3 is 1.33 bits per heavy atom. The third kappa shape index (κ3) is 27.0. The Bertz CT molecular complexity index is 1310. The summed E-state index contributed by atoms with van der Waals surface area (Å²) in [6.45, 7) is 10.2. The molecule has 0 aliphatic rings. The van der Waals surface area contributed by atoms with Gasteiger partial charge >= 0.3 is 18.1 Å². The van der Waals surface area contributed by atoms with Gasteiger partial charge in [0.1, 0.15) is 6.61 Å². The minimum atomic E-state index is -4.48. The average molecular weight is 822 g/mol. The van der Waals surface area contributed by atoms with Gasteiger partial charge in [-0.2, -0.15) is 13.2 Å². The third-order valence-electron chi connectivity index (χ3n) is 7.18. The van der Waals surface area contributed by atoms with Crippen LogP contribution in [0.5, 0.6) is 0 Å². The van der Waals surface area contributed by atoms with Crippen molar-refractivity contribution in [3.8, 4) is 0 Å². The zero-order valence-corrected chi connectivity index (χ0v) is 32.7. The quantitative estimate of drug-likeness (QED) is 0.0737. The van der Waals surface area contributed by atoms with Crippen molar-refractivity contribution < 1.29 is 79.6 Å². The van der Waals surface area contributed by atoms with Crippen LogP contribution in [-0.4, -0.2) is 157 Å². The van der Waals surface area contributed by atoms with Crippen LogP contribution in [0.15, 0.2) is 48.5 Å². The second kappa shape index (κ2) is 33.5. The highest BCUT2D eigenvalue weighted by molar-refractivity contribution is 5.96. The molecule has 15 nitrogen and oxygen atoms in total. The smallest absolute Gasteiger partial charge is 0.416 e. The van der Waals surface area contributed by atoms with E-state index >= 15 is 0 Å². The number of alkyl halides is 3. The van der Waals surface area contributed by atoms with E-state index in [1.165, 1.54) is 18.2 Å². The molecule has 0 fully saturated rings. The fourth-order valence-corrected chi connectivity index (χ4v) is 4.44. The number of rotatable bonds is 37. The number of carbonyl (C=O) groups is 2. The van der Waals surface area contributed by atoms with E-state index in [4.69, 9.17) is 56.8 Å². The highest BCUT2D eigenvalue weighted by Gasteiger charge is 2.30. The zero-order chi connectivity index (χ0) is 41.1. The summed E-state index contributed by atoms with van der Waals surface area (Å²) < 4.78 is 104. The highest BCUT2D eigenvalue weighted by atomic mass is 19.4. The van der Waals surface area contributed by atoms with Gasteiger partial charge in [-0.05, 0) is 37.3 Å². The zero-order valence-electron chi connectivity index (χ0n) is 32.7. The van der Waals surface area contributed by atoms with Crippen molar-refractivity contribution in [3.63, 3.8) is 0 Å². The molecular weight excluding hydrogens is 763 g/mol. The van der Waals surface area contributed by atoms with E-state index in [-0.39, 0.29) is 36.9 Å². The number of carbonyl (C=O) groups excluding carboxylic acids is 2. The SMILES string of the molecule is CCOC(=O)CCOCCOCCOCCOCCOCCOCCOCCOCCOCCOCCOC(=O)c1ccccc1Nc1cccc(C(F)(F)F)c1. The molecule has 0 aromatic heterocycles. The number of anilines is 2. The van der Waals surface area contributed by atoms with E-state index in [1.807, 2.05) is 0 Å². The van der Waals surface area contributed by atoms with Crippen molar-refractivity contribution in [3.05, 3.63) is 59.7 Å². The molecule has 0 spiro atoms. The maximum Gasteiger partial charge on any atom is 0.416 e. The van der Waals surface area contributed by atoms with Gasteiger partial charge in [-0.3, -0.25) is 4.79 Å². The number of ether oxygens (including phenoxy) is 12. The maximum atomic E-state index is 13.1. The second-order valence-electron chi connectivity index (χ2n) is 11.6. The lowest BCUT2D eigenvalue weighted by molar-refractivity contribution is -0.144. The number of hydrogen-bond donors (Lipinski definition) is 1. The Kier molecular flexibility index (Phi) is 29.2. The number of benzene rings is 2. The molecule has 1 N–H and O–H groups in total. The molecule has 0 heterocycles. The molecule has 0 amide bonds. The summed E-state index contributed by atoms with van der Waals surface area (Å²) in [5.41, 5.74) is -0.107. The molecule has 0 atom stereocenters. The molecule has 0 radical (unpaired) electrons. The van der Waals surface area contributed by atoms with Crippen molar-refractivity contribution in [1.82, 2.24) is 0 Å². The van der Waals surface area contributed by atoms with Gasteiger partial charge in [0.15, 0.2) is 0 Å². The van der Waals surface area contributed by atoms with Crippen LogP contribution in [0.2, 0.25) is 0 Å². The lowest BCUT2D eigenvalue weighted by atomic mass is 10.1. The van der Waals surface area contributed by atoms with Crippen LogP contribution in [0.4, 0.5) is 24.5 Å². The molecule has 0 unspecified atom stereocenters. The minimum absolute atomic E-state index is 0.00744. The van der Waals surface area contributed by atoms with E-state index in [0.29, 0.717) is 138 Å². The standard InChI is InChI=1S/C39H58F3NO14/c1-2-56-37(44)10-11-46-12-13-47-14-15-48-16-17-49-18-19-50-20-21-51-22-23-52-24-25-53-26-27-54-28-29-55-30-31-57-38(45)35-8-3-4-9-36(35)43-34-7-5-6-33(32-34)39(40,41)42/h3-9,32,43H,2,10-31H2,1H3. The Morgan fingerprint density at radius 2 is 0.912 bits per heavy atom. The number of nitrogens with one attached hydrogen (secondary N) is 1. The third-order valence-corrected chi connectivity index (χ3v) is 7.18. The Balaban J connectivity index is 1.27. The van der Waals surface area contributed by atoms with Gasteiger partial charge in [-0.1, -0.05) is 18.2 Å². The van der Waals surface area contributed by atoms with Crippen LogP contribution in [0.3, 0.4) is 0 Å². The van der Waals surface area contributed by atoms with Crippen LogP contribution in [0.25, 0.3) is 0 Å². The maximum absolute atomic E-state index is 13.1. The molecule has 2 aromatic rings. The topological polar surface area (TPSA) is 157 Å². The van der Waals surface area contributed by atoms with Gasteiger partial charge in [0, 0.05) is 5.69 Å². The summed E-state index contributed by atoms with van der Waals surface area (Å²) in [6, 6.07) is 11.1. The first-order chi connectivity index (χ1) is 27.8. The van der Waals surface area contributed by atoms with Crippen molar-refractivity contribution >= 4 is 23.3 Å². The largest absolute Gasteiger partial charge is 0.466 e. The second-order valence-corrected chi connectivity index (χ2v) is 11.6. The predicted octanol–water partition coefficient (Wildman–Crippen LogP) is 4.73. The first kappa shape index (κ1) is 49.7. The molecular formula is C39H58F3NO14. The van der Waals surface area contributed by atoms with Crippen molar-refractivity contribution in [2.75, 3.05) is 151 Å². The minimum Gasteiger partial charge on any atom is -0.466 e. The summed E-state index contributed by atoms with van der Waals surface area (Å²) in [7, 11) is 0. The van der Waals surface area contributed by atoms with E-state index < -0.39 is 17.7 Å². The Morgan fingerprint density at radius 1 is 0.509 bits per heavy atom. The summed E-state index contributed by atoms with van der Waals surface area (Å²) in [5, 5.41) is 2.86. The van der Waals surface area contributed by atoms with Gasteiger partial charge < -0.3 is 62.2 Å². The first-order valence-corrected chi connectivity index (χ1v) is 18.9. The van der Waals surface area contributed by atoms with Crippen LogP contribution in [-0.2, 0) is 67.8 Å². The van der Waals surface area contributed by atoms with E-state index in [0.717, 1.165) is 12.1 Å². The van der Waals surface area contributed by atoms with Crippen molar-refractivity contribution in [1.29, 1.82) is 0 Å². The van der Waals surface area contributed by atoms with E-state index in [9.17, 15) is 22.8 Å². The van der Waals surface area contributed by atoms with Crippen molar-refractivity contribution in [2.24, 2.45) is 0 Å². The lowest BCUT2D eigenvalue weighted by Crippen LogP contribution is -2.16. The molecule has 2 aromatic carbocycles. The molecule has 2 rings (SSSR count). The van der Waals surface area contributed by atoms with Gasteiger partial charge in [-0.25, -0.2) is 4.79 Å². The number of hydrogen-bond acceptors (Lipinski definition) is 15. The summed E-state index contributed by atoms with van der Waals surface area (Å²) in [4.78, 5) is 23.8. The number of halogens is 3.